The largest absolute Gasteiger partial charge is 0.309 e. The van der Waals surface area contributed by atoms with Crippen molar-refractivity contribution < 1.29 is 0 Å². The van der Waals surface area contributed by atoms with Crippen molar-refractivity contribution in [1.29, 1.82) is 0 Å². The molecule has 0 fully saturated rings. The van der Waals surface area contributed by atoms with Crippen molar-refractivity contribution in [3.05, 3.63) is 315 Å². The molecule has 6 nitrogen and oxygen atoms in total. The van der Waals surface area contributed by atoms with Gasteiger partial charge in [-0.05, 0) is 144 Å². The highest BCUT2D eigenvalue weighted by atomic mass is 15.0. The van der Waals surface area contributed by atoms with Gasteiger partial charge in [0, 0.05) is 82.5 Å². The summed E-state index contributed by atoms with van der Waals surface area (Å²) in [7, 11) is 0. The second-order valence-corrected chi connectivity index (χ2v) is 22.9. The van der Waals surface area contributed by atoms with E-state index in [0.29, 0.717) is 5.82 Å². The van der Waals surface area contributed by atoms with Crippen LogP contribution in [0.4, 0.5) is 0 Å². The maximum absolute atomic E-state index is 5.33. The Bertz CT molecular complexity index is 5790. The van der Waals surface area contributed by atoms with E-state index in [0.717, 1.165) is 72.9 Å². The number of rotatable bonds is 9. The second-order valence-electron chi connectivity index (χ2n) is 22.9. The lowest BCUT2D eigenvalue weighted by molar-refractivity contribution is 1.16. The Balaban J connectivity index is 0.716. The van der Waals surface area contributed by atoms with Gasteiger partial charge in [0.1, 0.15) is 0 Å². The van der Waals surface area contributed by atoms with E-state index in [4.69, 9.17) is 9.97 Å². The molecule has 5 heterocycles. The van der Waals surface area contributed by atoms with Gasteiger partial charge in [0.05, 0.1) is 55.5 Å². The maximum atomic E-state index is 5.33. The number of hydrogen-bond acceptors (Lipinski definition) is 2. The van der Waals surface area contributed by atoms with Crippen molar-refractivity contribution >= 4 is 87.2 Å². The molecule has 0 atom stereocenters. The minimum Gasteiger partial charge on any atom is -0.309 e. The monoisotopic (exact) mass is 1120 g/mol. The summed E-state index contributed by atoms with van der Waals surface area (Å²) in [6, 6.07) is 114. The van der Waals surface area contributed by atoms with Crippen LogP contribution in [-0.2, 0) is 0 Å². The van der Waals surface area contributed by atoms with Crippen LogP contribution in [0.2, 0.25) is 0 Å². The van der Waals surface area contributed by atoms with Gasteiger partial charge in [-0.2, -0.15) is 0 Å². The lowest BCUT2D eigenvalue weighted by Crippen LogP contribution is -1.98. The van der Waals surface area contributed by atoms with Crippen molar-refractivity contribution in [3.8, 4) is 78.9 Å². The molecule has 13 aromatic carbocycles. The third-order valence-corrected chi connectivity index (χ3v) is 18.0. The molecule has 0 saturated heterocycles. The van der Waals surface area contributed by atoms with Gasteiger partial charge in [-0.25, -0.2) is 9.97 Å². The standard InChI is InChI=1S/C82H52N6/c1-4-19-54(20-5-1)82-83-72(53-35-41-62(42-36-53)87-74-31-14-10-27-64(74)68-43-37-58(51-81(68)87)57-40-45-79-70(50-57)66-29-12-16-33-76(66)86(79)61-24-8-3-9-25-61)52-73(84-82)59-21-18-26-63(47-59)88-77-34-17-13-30-67(77)71-49-56(39-46-80(71)88)55-38-44-78-69(48-55)65-28-11-15-32-75(65)85(78)60-22-6-2-7-23-60/h1-52H. The molecule has 0 unspecified atom stereocenters. The van der Waals surface area contributed by atoms with Gasteiger partial charge in [0.15, 0.2) is 5.82 Å². The van der Waals surface area contributed by atoms with Crippen molar-refractivity contribution in [2.75, 3.05) is 0 Å². The average molecular weight is 1120 g/mol. The van der Waals surface area contributed by atoms with Gasteiger partial charge in [-0.15, -0.1) is 0 Å². The maximum Gasteiger partial charge on any atom is 0.160 e. The van der Waals surface area contributed by atoms with Gasteiger partial charge >= 0.3 is 0 Å². The second kappa shape index (κ2) is 19.9. The fraction of sp³-hybridized carbons (Fsp3) is 0. The molecule has 0 aliphatic heterocycles. The van der Waals surface area contributed by atoms with Gasteiger partial charge in [0.2, 0.25) is 0 Å². The molecule has 18 aromatic rings. The zero-order valence-electron chi connectivity index (χ0n) is 47.7. The number of fused-ring (bicyclic) bond motifs is 12. The highest BCUT2D eigenvalue weighted by Crippen LogP contribution is 2.42. The van der Waals surface area contributed by atoms with Crippen LogP contribution in [-0.4, -0.2) is 28.2 Å². The van der Waals surface area contributed by atoms with Crippen LogP contribution in [0, 0.1) is 0 Å². The van der Waals surface area contributed by atoms with E-state index < -0.39 is 0 Å². The molecule has 0 spiro atoms. The summed E-state index contributed by atoms with van der Waals surface area (Å²) in [6.45, 7) is 0. The Kier molecular flexibility index (Phi) is 11.2. The topological polar surface area (TPSA) is 45.5 Å². The van der Waals surface area contributed by atoms with Crippen LogP contribution in [0.25, 0.3) is 166 Å². The van der Waals surface area contributed by atoms with E-state index in [9.17, 15) is 0 Å². The first-order chi connectivity index (χ1) is 43.6. The van der Waals surface area contributed by atoms with Gasteiger partial charge in [0.25, 0.3) is 0 Å². The summed E-state index contributed by atoms with van der Waals surface area (Å²) >= 11 is 0. The van der Waals surface area contributed by atoms with Crippen LogP contribution in [0.15, 0.2) is 315 Å². The molecule has 410 valence electrons. The molecule has 0 amide bonds. The van der Waals surface area contributed by atoms with Gasteiger partial charge in [-0.3, -0.25) is 0 Å². The summed E-state index contributed by atoms with van der Waals surface area (Å²) < 4.78 is 9.55. The van der Waals surface area contributed by atoms with Crippen LogP contribution >= 0.6 is 0 Å². The highest BCUT2D eigenvalue weighted by Gasteiger charge is 2.20. The fourth-order valence-electron chi connectivity index (χ4n) is 13.9. The molecule has 0 bridgehead atoms. The van der Waals surface area contributed by atoms with Crippen molar-refractivity contribution in [1.82, 2.24) is 28.2 Å². The third-order valence-electron chi connectivity index (χ3n) is 18.0. The van der Waals surface area contributed by atoms with E-state index >= 15 is 0 Å². The zero-order chi connectivity index (χ0) is 57.8. The summed E-state index contributed by atoms with van der Waals surface area (Å²) in [5.74, 6) is 0.674. The van der Waals surface area contributed by atoms with E-state index in [2.05, 4.69) is 328 Å². The Morgan fingerprint density at radius 2 is 0.500 bits per heavy atom. The molecule has 0 aliphatic rings. The summed E-state index contributed by atoms with van der Waals surface area (Å²) in [4.78, 5) is 10.6. The average Bonchev–Trinajstić information content (AvgIpc) is 1.84. The SMILES string of the molecule is c1ccc(-c2nc(-c3ccc(-n4c5ccccc5c5ccc(-c6ccc7c(c6)c6ccccc6n7-c6ccccc6)cc54)cc3)cc(-c3cccc(-n4c5ccccc5c5cc(-c6ccc7c(c6)c6ccccc6n7-c6ccccc6)ccc54)c3)n2)cc1. The molecule has 0 saturated carbocycles. The number of aromatic nitrogens is 6. The lowest BCUT2D eigenvalue weighted by atomic mass is 10.0. The summed E-state index contributed by atoms with van der Waals surface area (Å²) in [6.07, 6.45) is 0. The van der Waals surface area contributed by atoms with Crippen molar-refractivity contribution in [2.45, 2.75) is 0 Å². The Labute approximate surface area is 507 Å². The minimum absolute atomic E-state index is 0.674. The van der Waals surface area contributed by atoms with E-state index in [1.807, 2.05) is 6.07 Å². The fourth-order valence-corrected chi connectivity index (χ4v) is 13.9. The minimum atomic E-state index is 0.674. The predicted molar refractivity (Wildman–Crippen MR) is 367 cm³/mol. The quantitative estimate of drug-likeness (QED) is 0.145. The first-order valence-corrected chi connectivity index (χ1v) is 30.0. The van der Waals surface area contributed by atoms with E-state index in [-0.39, 0.29) is 0 Å². The van der Waals surface area contributed by atoms with Gasteiger partial charge in [-0.1, -0.05) is 194 Å². The van der Waals surface area contributed by atoms with Crippen LogP contribution < -0.4 is 0 Å². The Morgan fingerprint density at radius 3 is 1.00 bits per heavy atom. The Morgan fingerprint density at radius 1 is 0.170 bits per heavy atom. The number of nitrogens with zero attached hydrogens (tertiary/aromatic N) is 6. The van der Waals surface area contributed by atoms with Crippen molar-refractivity contribution in [2.24, 2.45) is 0 Å². The van der Waals surface area contributed by atoms with Crippen molar-refractivity contribution in [3.63, 3.8) is 0 Å². The number of benzene rings is 13. The molecule has 0 N–H and O–H groups in total. The molecule has 0 radical (unpaired) electrons. The summed E-state index contributed by atoms with van der Waals surface area (Å²) in [5.41, 5.74) is 23.2. The zero-order valence-corrected chi connectivity index (χ0v) is 47.7. The third kappa shape index (κ3) is 7.89. The molecule has 6 heteroatoms. The highest BCUT2D eigenvalue weighted by molar-refractivity contribution is 6.15. The Hall–Kier alpha value is -11.9. The number of para-hydroxylation sites is 6. The molecule has 5 aromatic heterocycles. The first-order valence-electron chi connectivity index (χ1n) is 30.0. The van der Waals surface area contributed by atoms with Crippen LogP contribution in [0.1, 0.15) is 0 Å². The van der Waals surface area contributed by atoms with Crippen LogP contribution in [0.5, 0.6) is 0 Å². The smallest absolute Gasteiger partial charge is 0.160 e. The summed E-state index contributed by atoms with van der Waals surface area (Å²) in [5, 5.41) is 9.78. The molecular weight excluding hydrogens is 1070 g/mol. The first kappa shape index (κ1) is 49.6. The molecular formula is C82H52N6. The molecule has 18 rings (SSSR count). The lowest BCUT2D eigenvalue weighted by Gasteiger charge is -2.13. The van der Waals surface area contributed by atoms with Crippen LogP contribution in [0.3, 0.4) is 0 Å². The normalized spacial score (nSPS) is 11.9. The number of hydrogen-bond donors (Lipinski definition) is 0. The van der Waals surface area contributed by atoms with E-state index in [1.54, 1.807) is 0 Å². The van der Waals surface area contributed by atoms with E-state index in [1.165, 1.54) is 87.4 Å². The molecule has 0 aliphatic carbocycles. The van der Waals surface area contributed by atoms with Gasteiger partial charge < -0.3 is 18.3 Å². The predicted octanol–water partition coefficient (Wildman–Crippen LogP) is 21.2. The molecule has 88 heavy (non-hydrogen) atoms.